The highest BCUT2D eigenvalue weighted by molar-refractivity contribution is 4.94. The molecular weight excluding hydrogens is 149 g/mol. The Balaban J connectivity index is 2.27. The first-order valence-corrected chi connectivity index (χ1v) is 3.35. The van der Waals surface area contributed by atoms with Gasteiger partial charge in [-0.3, -0.25) is 0 Å². The van der Waals surface area contributed by atoms with Gasteiger partial charge >= 0.3 is 0 Å². The lowest BCUT2D eigenvalue weighted by atomic mass is 10.4. The summed E-state index contributed by atoms with van der Waals surface area (Å²) in [6, 6.07) is 1.24. The van der Waals surface area contributed by atoms with E-state index in [2.05, 4.69) is 15.0 Å². The van der Waals surface area contributed by atoms with Gasteiger partial charge in [0.15, 0.2) is 5.76 Å². The number of nitrogens with two attached hydrogens (primary N) is 1. The van der Waals surface area contributed by atoms with Crippen LogP contribution in [0.15, 0.2) is 10.6 Å². The van der Waals surface area contributed by atoms with Gasteiger partial charge in [0.25, 0.3) is 5.95 Å². The van der Waals surface area contributed by atoms with Gasteiger partial charge in [0.2, 0.25) is 0 Å². The summed E-state index contributed by atoms with van der Waals surface area (Å²) in [7, 11) is 0. The second kappa shape index (κ2) is 4.05. The first-order valence-electron chi connectivity index (χ1n) is 3.35. The van der Waals surface area contributed by atoms with Crippen molar-refractivity contribution in [2.24, 2.45) is 5.73 Å². The van der Waals surface area contributed by atoms with Gasteiger partial charge in [0.1, 0.15) is 0 Å². The molecule has 1 heterocycles. The molecule has 0 unspecified atom stereocenters. The Kier molecular flexibility index (Phi) is 3.00. The number of nitrogens with zero attached hydrogens (tertiary/aromatic N) is 1. The highest BCUT2D eigenvalue weighted by Crippen LogP contribution is 1.99. The van der Waals surface area contributed by atoms with Crippen LogP contribution in [-0.2, 0) is 6.54 Å². The van der Waals surface area contributed by atoms with E-state index in [-0.39, 0.29) is 0 Å². The molecule has 0 spiro atoms. The standard InChI is InChI=1S/C6H10FN3O/c7-6-3-5(11-10-6)4-9-2-1-8/h3,9H,1-2,4,8H2. The predicted molar refractivity (Wildman–Crippen MR) is 37.2 cm³/mol. The van der Waals surface area contributed by atoms with Gasteiger partial charge in [-0.15, -0.1) is 0 Å². The zero-order valence-corrected chi connectivity index (χ0v) is 6.01. The molecule has 5 heteroatoms. The van der Waals surface area contributed by atoms with Crippen molar-refractivity contribution in [3.63, 3.8) is 0 Å². The third kappa shape index (κ3) is 2.65. The van der Waals surface area contributed by atoms with Crippen molar-refractivity contribution in [2.75, 3.05) is 13.1 Å². The van der Waals surface area contributed by atoms with Crippen LogP contribution in [0.5, 0.6) is 0 Å². The van der Waals surface area contributed by atoms with Crippen molar-refractivity contribution in [1.29, 1.82) is 0 Å². The molecule has 3 N–H and O–H groups in total. The Morgan fingerprint density at radius 1 is 1.73 bits per heavy atom. The van der Waals surface area contributed by atoms with E-state index < -0.39 is 5.95 Å². The second-order valence-electron chi connectivity index (χ2n) is 2.08. The topological polar surface area (TPSA) is 64.1 Å². The molecule has 1 rings (SSSR count). The molecule has 0 saturated heterocycles. The Morgan fingerprint density at radius 3 is 3.09 bits per heavy atom. The van der Waals surface area contributed by atoms with Gasteiger partial charge in [0, 0.05) is 19.2 Å². The fourth-order valence-electron chi connectivity index (χ4n) is 0.685. The number of aromatic nitrogens is 1. The maximum absolute atomic E-state index is 12.2. The lowest BCUT2D eigenvalue weighted by Crippen LogP contribution is -2.21. The SMILES string of the molecule is NCCNCc1cc(F)no1. The minimum absolute atomic E-state index is 0.466. The molecular formula is C6H10FN3O. The van der Waals surface area contributed by atoms with Gasteiger partial charge in [-0.2, -0.15) is 4.39 Å². The molecule has 0 radical (unpaired) electrons. The summed E-state index contributed by atoms with van der Waals surface area (Å²) in [6.45, 7) is 1.70. The molecule has 0 amide bonds. The minimum atomic E-state index is -0.588. The predicted octanol–water partition coefficient (Wildman–Crippen LogP) is -0.138. The molecule has 1 aromatic rings. The molecule has 0 fully saturated rings. The summed E-state index contributed by atoms with van der Waals surface area (Å²) >= 11 is 0. The van der Waals surface area contributed by atoms with E-state index in [0.29, 0.717) is 25.4 Å². The van der Waals surface area contributed by atoms with Crippen molar-refractivity contribution in [3.05, 3.63) is 17.8 Å². The Bertz CT molecular complexity index is 213. The quantitative estimate of drug-likeness (QED) is 0.600. The van der Waals surface area contributed by atoms with Crippen molar-refractivity contribution in [3.8, 4) is 0 Å². The summed E-state index contributed by atoms with van der Waals surface area (Å²) < 4.78 is 16.8. The van der Waals surface area contributed by atoms with Crippen molar-refractivity contribution >= 4 is 0 Å². The Morgan fingerprint density at radius 2 is 2.55 bits per heavy atom. The van der Waals surface area contributed by atoms with Crippen molar-refractivity contribution < 1.29 is 8.91 Å². The minimum Gasteiger partial charge on any atom is -0.357 e. The van der Waals surface area contributed by atoms with Crippen LogP contribution in [0.1, 0.15) is 5.76 Å². The smallest absolute Gasteiger partial charge is 0.253 e. The molecule has 4 nitrogen and oxygen atoms in total. The number of nitrogens with one attached hydrogen (secondary N) is 1. The van der Waals surface area contributed by atoms with E-state index in [0.717, 1.165) is 0 Å². The van der Waals surface area contributed by atoms with Crippen LogP contribution in [0, 0.1) is 5.95 Å². The van der Waals surface area contributed by atoms with Crippen LogP contribution in [0.2, 0.25) is 0 Å². The first kappa shape index (κ1) is 8.16. The summed E-state index contributed by atoms with van der Waals surface area (Å²) in [5, 5.41) is 6.02. The molecule has 0 aliphatic carbocycles. The maximum atomic E-state index is 12.2. The lowest BCUT2D eigenvalue weighted by molar-refractivity contribution is 0.344. The van der Waals surface area contributed by atoms with E-state index in [4.69, 9.17) is 5.73 Å². The summed E-state index contributed by atoms with van der Waals surface area (Å²) in [4.78, 5) is 0. The van der Waals surface area contributed by atoms with E-state index in [9.17, 15) is 4.39 Å². The van der Waals surface area contributed by atoms with E-state index in [1.165, 1.54) is 6.07 Å². The Hall–Kier alpha value is -0.940. The number of halogens is 1. The normalized spacial score (nSPS) is 10.4. The summed E-state index contributed by atoms with van der Waals surface area (Å²) in [6.07, 6.45) is 0. The summed E-state index contributed by atoms with van der Waals surface area (Å²) in [5.41, 5.74) is 5.22. The molecule has 0 bridgehead atoms. The first-order chi connectivity index (χ1) is 5.33. The van der Waals surface area contributed by atoms with Gasteiger partial charge in [-0.05, 0) is 5.16 Å². The molecule has 0 aliphatic rings. The lowest BCUT2D eigenvalue weighted by Gasteiger charge is -1.96. The third-order valence-electron chi connectivity index (χ3n) is 1.15. The molecule has 0 saturated carbocycles. The second-order valence-corrected chi connectivity index (χ2v) is 2.08. The number of rotatable bonds is 4. The largest absolute Gasteiger partial charge is 0.357 e. The van der Waals surface area contributed by atoms with Crippen molar-refractivity contribution in [1.82, 2.24) is 10.5 Å². The zero-order chi connectivity index (χ0) is 8.10. The Labute approximate surface area is 63.5 Å². The van der Waals surface area contributed by atoms with Gasteiger partial charge in [0.05, 0.1) is 6.54 Å². The molecule has 62 valence electrons. The van der Waals surface area contributed by atoms with Gasteiger partial charge in [-0.25, -0.2) is 0 Å². The average Bonchev–Trinajstić information content (AvgIpc) is 2.37. The van der Waals surface area contributed by atoms with Crippen LogP contribution in [0.3, 0.4) is 0 Å². The highest BCUT2D eigenvalue weighted by atomic mass is 19.1. The monoisotopic (exact) mass is 159 g/mol. The number of hydrogen-bond acceptors (Lipinski definition) is 4. The molecule has 1 aromatic heterocycles. The van der Waals surface area contributed by atoms with Crippen molar-refractivity contribution in [2.45, 2.75) is 6.54 Å². The van der Waals surface area contributed by atoms with E-state index in [1.54, 1.807) is 0 Å². The molecule has 0 atom stereocenters. The fourth-order valence-corrected chi connectivity index (χ4v) is 0.685. The average molecular weight is 159 g/mol. The molecule has 11 heavy (non-hydrogen) atoms. The van der Waals surface area contributed by atoms with Gasteiger partial charge < -0.3 is 15.6 Å². The van der Waals surface area contributed by atoms with Crippen LogP contribution < -0.4 is 11.1 Å². The van der Waals surface area contributed by atoms with Crippen LogP contribution in [0.4, 0.5) is 4.39 Å². The summed E-state index contributed by atoms with van der Waals surface area (Å²) in [5.74, 6) is -0.106. The molecule has 0 aromatic carbocycles. The van der Waals surface area contributed by atoms with E-state index >= 15 is 0 Å². The van der Waals surface area contributed by atoms with E-state index in [1.807, 2.05) is 0 Å². The van der Waals surface area contributed by atoms with Gasteiger partial charge in [-0.1, -0.05) is 0 Å². The van der Waals surface area contributed by atoms with Crippen LogP contribution >= 0.6 is 0 Å². The highest BCUT2D eigenvalue weighted by Gasteiger charge is 2.00. The molecule has 0 aliphatic heterocycles. The third-order valence-corrected chi connectivity index (χ3v) is 1.15. The zero-order valence-electron chi connectivity index (χ0n) is 6.01. The number of hydrogen-bond donors (Lipinski definition) is 2. The van der Waals surface area contributed by atoms with Crippen LogP contribution in [0.25, 0.3) is 0 Å². The van der Waals surface area contributed by atoms with Crippen LogP contribution in [-0.4, -0.2) is 18.2 Å². The maximum Gasteiger partial charge on any atom is 0.253 e. The fraction of sp³-hybridized carbons (Fsp3) is 0.500.